The lowest BCUT2D eigenvalue weighted by Crippen LogP contribution is -2.55. The number of rotatable bonds is 6. The Bertz CT molecular complexity index is 943. The van der Waals surface area contributed by atoms with Gasteiger partial charge in [0.05, 0.1) is 12.0 Å². The predicted octanol–water partition coefficient (Wildman–Crippen LogP) is 3.41. The van der Waals surface area contributed by atoms with E-state index in [1.807, 2.05) is 37.4 Å². The third-order valence-electron chi connectivity index (χ3n) is 6.30. The van der Waals surface area contributed by atoms with Crippen molar-refractivity contribution in [2.24, 2.45) is 5.92 Å². The molecular weight excluding hydrogens is 362 g/mol. The summed E-state index contributed by atoms with van der Waals surface area (Å²) in [5, 5.41) is 3.61. The number of fused-ring (bicyclic) bond motifs is 3. The van der Waals surface area contributed by atoms with E-state index >= 15 is 0 Å². The normalized spacial score (nSPS) is 26.0. The highest BCUT2D eigenvalue weighted by atomic mass is 16.3. The molecule has 6 heteroatoms. The molecule has 0 amide bonds. The molecular formula is C23H27N5O. The molecule has 0 aromatic carbocycles. The number of aryl methyl sites for hydroxylation is 1. The number of aromatic nitrogens is 3. The summed E-state index contributed by atoms with van der Waals surface area (Å²) >= 11 is 0. The Morgan fingerprint density at radius 3 is 2.93 bits per heavy atom. The molecule has 4 atom stereocenters. The first-order chi connectivity index (χ1) is 14.3. The lowest BCUT2D eigenvalue weighted by atomic mass is 9.74. The van der Waals surface area contributed by atoms with Crippen molar-refractivity contribution in [1.29, 1.82) is 0 Å². The SMILES string of the molecule is Cc1nc(-c2ccco2)cc(C2CN3CCC2CC3CNCc2ccccn2)n1. The molecule has 0 radical (unpaired) electrons. The molecule has 29 heavy (non-hydrogen) atoms. The fourth-order valence-electron chi connectivity index (χ4n) is 4.89. The van der Waals surface area contributed by atoms with Crippen LogP contribution in [0, 0.1) is 12.8 Å². The van der Waals surface area contributed by atoms with Gasteiger partial charge in [-0.05, 0) is 62.6 Å². The Morgan fingerprint density at radius 2 is 2.17 bits per heavy atom. The smallest absolute Gasteiger partial charge is 0.152 e. The van der Waals surface area contributed by atoms with Gasteiger partial charge in [0.1, 0.15) is 11.5 Å². The molecule has 3 saturated heterocycles. The largest absolute Gasteiger partial charge is 0.463 e. The first-order valence-electron chi connectivity index (χ1n) is 10.5. The van der Waals surface area contributed by atoms with Crippen molar-refractivity contribution >= 4 is 0 Å². The highest BCUT2D eigenvalue weighted by Gasteiger charge is 2.41. The molecule has 3 aromatic heterocycles. The van der Waals surface area contributed by atoms with Crippen molar-refractivity contribution in [2.75, 3.05) is 19.6 Å². The zero-order chi connectivity index (χ0) is 19.6. The topological polar surface area (TPSA) is 67.1 Å². The van der Waals surface area contributed by atoms with Gasteiger partial charge in [0, 0.05) is 43.5 Å². The van der Waals surface area contributed by atoms with E-state index in [0.29, 0.717) is 17.9 Å². The molecule has 0 spiro atoms. The molecule has 2 bridgehead atoms. The van der Waals surface area contributed by atoms with Crippen LogP contribution in [0.4, 0.5) is 0 Å². The molecule has 150 valence electrons. The number of pyridine rings is 1. The van der Waals surface area contributed by atoms with Crippen LogP contribution in [0.5, 0.6) is 0 Å². The maximum atomic E-state index is 5.56. The summed E-state index contributed by atoms with van der Waals surface area (Å²) in [6.45, 7) is 6.08. The van der Waals surface area contributed by atoms with Crippen LogP contribution in [-0.2, 0) is 6.54 Å². The second kappa shape index (κ2) is 8.05. The lowest BCUT2D eigenvalue weighted by molar-refractivity contribution is 0.0292. The van der Waals surface area contributed by atoms with Gasteiger partial charge in [0.25, 0.3) is 0 Å². The number of nitrogens with zero attached hydrogens (tertiary/aromatic N) is 4. The van der Waals surface area contributed by atoms with Gasteiger partial charge in [-0.3, -0.25) is 9.88 Å². The summed E-state index contributed by atoms with van der Waals surface area (Å²) in [7, 11) is 0. The van der Waals surface area contributed by atoms with Gasteiger partial charge < -0.3 is 9.73 Å². The molecule has 4 unspecified atom stereocenters. The number of furan rings is 1. The number of hydrogen-bond acceptors (Lipinski definition) is 6. The summed E-state index contributed by atoms with van der Waals surface area (Å²) in [4.78, 5) is 16.4. The van der Waals surface area contributed by atoms with Gasteiger partial charge in [-0.2, -0.15) is 0 Å². The van der Waals surface area contributed by atoms with Crippen molar-refractivity contribution in [3.05, 3.63) is 66.1 Å². The van der Waals surface area contributed by atoms with Gasteiger partial charge >= 0.3 is 0 Å². The van der Waals surface area contributed by atoms with Crippen molar-refractivity contribution < 1.29 is 4.42 Å². The fraction of sp³-hybridized carbons (Fsp3) is 0.435. The van der Waals surface area contributed by atoms with Crippen molar-refractivity contribution in [1.82, 2.24) is 25.2 Å². The van der Waals surface area contributed by atoms with E-state index in [0.717, 1.165) is 42.6 Å². The van der Waals surface area contributed by atoms with Crippen LogP contribution in [-0.4, -0.2) is 45.5 Å². The van der Waals surface area contributed by atoms with Crippen LogP contribution in [0.2, 0.25) is 0 Å². The summed E-state index contributed by atoms with van der Waals surface area (Å²) in [5.41, 5.74) is 3.16. The molecule has 1 N–H and O–H groups in total. The highest BCUT2D eigenvalue weighted by molar-refractivity contribution is 5.52. The van der Waals surface area contributed by atoms with Crippen molar-refractivity contribution in [3.63, 3.8) is 0 Å². The van der Waals surface area contributed by atoms with Crippen LogP contribution in [0.3, 0.4) is 0 Å². The maximum Gasteiger partial charge on any atom is 0.152 e. The third-order valence-corrected chi connectivity index (χ3v) is 6.30. The Balaban J connectivity index is 1.26. The van der Waals surface area contributed by atoms with Gasteiger partial charge in [0.2, 0.25) is 0 Å². The minimum atomic E-state index is 0.478. The lowest BCUT2D eigenvalue weighted by Gasteiger charge is -2.50. The van der Waals surface area contributed by atoms with E-state index in [1.54, 1.807) is 6.26 Å². The van der Waals surface area contributed by atoms with Crippen LogP contribution in [0.25, 0.3) is 11.5 Å². The third kappa shape index (κ3) is 3.95. The molecule has 3 fully saturated rings. The second-order valence-corrected chi connectivity index (χ2v) is 8.19. The molecule has 3 aliphatic rings. The molecule has 6 rings (SSSR count). The molecule has 3 aromatic rings. The number of nitrogens with one attached hydrogen (secondary N) is 1. The van der Waals surface area contributed by atoms with Crippen LogP contribution < -0.4 is 5.32 Å². The van der Waals surface area contributed by atoms with E-state index in [1.165, 1.54) is 25.1 Å². The molecule has 6 heterocycles. The predicted molar refractivity (Wildman–Crippen MR) is 111 cm³/mol. The van der Waals surface area contributed by atoms with Crippen molar-refractivity contribution in [3.8, 4) is 11.5 Å². The van der Waals surface area contributed by atoms with Gasteiger partial charge in [0.15, 0.2) is 5.76 Å². The zero-order valence-corrected chi connectivity index (χ0v) is 16.8. The summed E-state index contributed by atoms with van der Waals surface area (Å²) in [6, 6.07) is 12.7. The molecule has 6 nitrogen and oxygen atoms in total. The molecule has 3 aliphatic heterocycles. The molecule has 0 aliphatic carbocycles. The molecule has 0 saturated carbocycles. The van der Waals surface area contributed by atoms with Crippen molar-refractivity contribution in [2.45, 2.75) is 38.3 Å². The summed E-state index contributed by atoms with van der Waals surface area (Å²) < 4.78 is 5.56. The minimum absolute atomic E-state index is 0.478. The van der Waals surface area contributed by atoms with Crippen LogP contribution >= 0.6 is 0 Å². The Labute approximate surface area is 171 Å². The Kier molecular flexibility index (Phi) is 5.12. The zero-order valence-electron chi connectivity index (χ0n) is 16.8. The van der Waals surface area contributed by atoms with E-state index in [4.69, 9.17) is 9.40 Å². The number of piperidine rings is 3. The standard InChI is InChI=1S/C23H27N5O/c1-16-26-21(12-22(27-16)23-6-4-10-29-23)20-15-28-9-7-17(20)11-19(28)14-24-13-18-5-2-3-8-25-18/h2-6,8,10,12,17,19-20,24H,7,9,11,13-15H2,1H3. The quantitative estimate of drug-likeness (QED) is 0.697. The first kappa shape index (κ1) is 18.5. The van der Waals surface area contributed by atoms with E-state index in [-0.39, 0.29) is 0 Å². The average Bonchev–Trinajstić information content (AvgIpc) is 3.30. The van der Waals surface area contributed by atoms with E-state index in [9.17, 15) is 0 Å². The second-order valence-electron chi connectivity index (χ2n) is 8.19. The Hall–Kier alpha value is -2.57. The van der Waals surface area contributed by atoms with Gasteiger partial charge in [-0.25, -0.2) is 9.97 Å². The highest BCUT2D eigenvalue weighted by Crippen LogP contribution is 2.41. The number of hydrogen-bond donors (Lipinski definition) is 1. The summed E-state index contributed by atoms with van der Waals surface area (Å²) in [6.07, 6.45) is 6.03. The van der Waals surface area contributed by atoms with Crippen LogP contribution in [0.15, 0.2) is 53.3 Å². The van der Waals surface area contributed by atoms with Gasteiger partial charge in [-0.15, -0.1) is 0 Å². The monoisotopic (exact) mass is 389 g/mol. The fourth-order valence-corrected chi connectivity index (χ4v) is 4.89. The van der Waals surface area contributed by atoms with E-state index in [2.05, 4.69) is 32.3 Å². The minimum Gasteiger partial charge on any atom is -0.463 e. The Morgan fingerprint density at radius 1 is 1.21 bits per heavy atom. The maximum absolute atomic E-state index is 5.56. The summed E-state index contributed by atoms with van der Waals surface area (Å²) in [5.74, 6) is 2.79. The van der Waals surface area contributed by atoms with E-state index < -0.39 is 0 Å². The van der Waals surface area contributed by atoms with Crippen LogP contribution in [0.1, 0.15) is 36.0 Å². The van der Waals surface area contributed by atoms with Gasteiger partial charge in [-0.1, -0.05) is 6.07 Å². The first-order valence-corrected chi connectivity index (χ1v) is 10.5. The average molecular weight is 390 g/mol.